The van der Waals surface area contributed by atoms with E-state index in [1.807, 2.05) is 0 Å². The van der Waals surface area contributed by atoms with Crippen LogP contribution in [-0.2, 0) is 0 Å². The van der Waals surface area contributed by atoms with Gasteiger partial charge in [-0.3, -0.25) is 0 Å². The molecule has 0 N–H and O–H groups in total. The third-order valence-electron chi connectivity index (χ3n) is 2.70. The fourth-order valence-corrected chi connectivity index (χ4v) is 1.82. The first-order valence-corrected chi connectivity index (χ1v) is 5.95. The Kier molecular flexibility index (Phi) is 3.16. The lowest BCUT2D eigenvalue weighted by molar-refractivity contribution is 0.585. The molecule has 5 heteroatoms. The smallest absolute Gasteiger partial charge is 0.213 e. The van der Waals surface area contributed by atoms with Crippen molar-refractivity contribution in [3.63, 3.8) is 0 Å². The monoisotopic (exact) mass is 269 g/mol. The highest BCUT2D eigenvalue weighted by Crippen LogP contribution is 2.20. The van der Waals surface area contributed by atoms with E-state index < -0.39 is 11.9 Å². The van der Waals surface area contributed by atoms with Gasteiger partial charge in [-0.25, -0.2) is 15.0 Å². The number of pyridine rings is 3. The second-order valence-corrected chi connectivity index (χ2v) is 4.10. The van der Waals surface area contributed by atoms with Crippen LogP contribution >= 0.6 is 0 Å². The minimum absolute atomic E-state index is 0.420. The van der Waals surface area contributed by atoms with Crippen molar-refractivity contribution < 1.29 is 8.78 Å². The van der Waals surface area contributed by atoms with Gasteiger partial charge in [-0.2, -0.15) is 8.78 Å². The summed E-state index contributed by atoms with van der Waals surface area (Å²) in [6, 6.07) is 14.1. The molecule has 0 unspecified atom stereocenters. The Morgan fingerprint density at radius 3 is 1.25 bits per heavy atom. The van der Waals surface area contributed by atoms with Crippen LogP contribution in [0.2, 0.25) is 0 Å². The zero-order valence-corrected chi connectivity index (χ0v) is 10.3. The third-order valence-corrected chi connectivity index (χ3v) is 2.70. The maximum atomic E-state index is 13.1. The van der Waals surface area contributed by atoms with Crippen LogP contribution in [0.25, 0.3) is 22.8 Å². The van der Waals surface area contributed by atoms with Crippen molar-refractivity contribution in [2.75, 3.05) is 0 Å². The average Bonchev–Trinajstić information content (AvgIpc) is 2.47. The molecule has 0 fully saturated rings. The molecule has 0 aliphatic rings. The molecule has 0 aromatic carbocycles. The lowest BCUT2D eigenvalue weighted by atomic mass is 10.2. The van der Waals surface area contributed by atoms with Crippen LogP contribution in [0.3, 0.4) is 0 Å². The molecule has 3 nitrogen and oxygen atoms in total. The topological polar surface area (TPSA) is 38.7 Å². The van der Waals surface area contributed by atoms with Crippen molar-refractivity contribution in [1.29, 1.82) is 0 Å². The van der Waals surface area contributed by atoms with Gasteiger partial charge in [-0.1, -0.05) is 18.2 Å². The van der Waals surface area contributed by atoms with Crippen LogP contribution in [0.4, 0.5) is 8.78 Å². The number of rotatable bonds is 2. The molecule has 3 aromatic heterocycles. The number of hydrogen-bond donors (Lipinski definition) is 0. The highest BCUT2D eigenvalue weighted by atomic mass is 19.1. The molecule has 3 aromatic rings. The van der Waals surface area contributed by atoms with E-state index >= 15 is 0 Å². The normalized spacial score (nSPS) is 10.5. The van der Waals surface area contributed by atoms with E-state index in [0.717, 1.165) is 0 Å². The fraction of sp³-hybridized carbons (Fsp3) is 0. The molecule has 0 atom stereocenters. The largest absolute Gasteiger partial charge is 0.245 e. The van der Waals surface area contributed by atoms with Crippen molar-refractivity contribution in [2.24, 2.45) is 0 Å². The Hall–Kier alpha value is -2.69. The van der Waals surface area contributed by atoms with E-state index in [1.54, 1.807) is 42.5 Å². The summed E-state index contributed by atoms with van der Waals surface area (Å²) in [5.41, 5.74) is 1.85. The summed E-state index contributed by atoms with van der Waals surface area (Å²) in [6.45, 7) is 0. The van der Waals surface area contributed by atoms with E-state index in [9.17, 15) is 8.78 Å². The van der Waals surface area contributed by atoms with Gasteiger partial charge in [-0.15, -0.1) is 0 Å². The lowest BCUT2D eigenvalue weighted by Crippen LogP contribution is -1.94. The minimum atomic E-state index is -0.571. The molecule has 0 aliphatic carbocycles. The van der Waals surface area contributed by atoms with Gasteiger partial charge < -0.3 is 0 Å². The highest BCUT2D eigenvalue weighted by molar-refractivity contribution is 5.61. The summed E-state index contributed by atoms with van der Waals surface area (Å²) >= 11 is 0. The van der Waals surface area contributed by atoms with Crippen LogP contribution in [0.1, 0.15) is 0 Å². The summed E-state index contributed by atoms with van der Waals surface area (Å²) in [7, 11) is 0. The molecule has 0 aliphatic heterocycles. The minimum Gasteiger partial charge on any atom is -0.245 e. The third kappa shape index (κ3) is 2.51. The average molecular weight is 269 g/mol. The zero-order chi connectivity index (χ0) is 13.9. The van der Waals surface area contributed by atoms with E-state index in [-0.39, 0.29) is 0 Å². The van der Waals surface area contributed by atoms with Gasteiger partial charge in [0.25, 0.3) is 0 Å². The summed E-state index contributed by atoms with van der Waals surface area (Å²) in [6.07, 6.45) is 0. The van der Waals surface area contributed by atoms with Crippen molar-refractivity contribution in [1.82, 2.24) is 15.0 Å². The van der Waals surface area contributed by atoms with Gasteiger partial charge in [-0.05, 0) is 36.4 Å². The zero-order valence-electron chi connectivity index (χ0n) is 10.3. The summed E-state index contributed by atoms with van der Waals surface area (Å²) in [5.74, 6) is -1.14. The Morgan fingerprint density at radius 1 is 0.500 bits per heavy atom. The van der Waals surface area contributed by atoms with Gasteiger partial charge in [0.2, 0.25) is 11.9 Å². The van der Waals surface area contributed by atoms with Gasteiger partial charge in [0.15, 0.2) is 0 Å². The second-order valence-electron chi connectivity index (χ2n) is 4.10. The van der Waals surface area contributed by atoms with E-state index in [4.69, 9.17) is 0 Å². The first-order chi connectivity index (χ1) is 9.72. The van der Waals surface area contributed by atoms with Crippen LogP contribution in [0.5, 0.6) is 0 Å². The summed E-state index contributed by atoms with van der Waals surface area (Å²) < 4.78 is 26.3. The van der Waals surface area contributed by atoms with Crippen LogP contribution in [0.15, 0.2) is 54.6 Å². The van der Waals surface area contributed by atoms with Crippen molar-refractivity contribution >= 4 is 0 Å². The molecule has 3 heterocycles. The van der Waals surface area contributed by atoms with Gasteiger partial charge in [0.05, 0.1) is 22.8 Å². The molecular formula is C15H9F2N3. The van der Waals surface area contributed by atoms with Gasteiger partial charge in [0.1, 0.15) is 0 Å². The molecule has 0 saturated heterocycles. The number of nitrogens with zero attached hydrogens (tertiary/aromatic N) is 3. The Labute approximate surface area is 114 Å². The number of aromatic nitrogens is 3. The molecule has 0 saturated carbocycles. The Morgan fingerprint density at radius 2 is 0.850 bits per heavy atom. The fourth-order valence-electron chi connectivity index (χ4n) is 1.82. The van der Waals surface area contributed by atoms with E-state index in [0.29, 0.717) is 22.8 Å². The van der Waals surface area contributed by atoms with Crippen molar-refractivity contribution in [3.8, 4) is 22.8 Å². The highest BCUT2D eigenvalue weighted by Gasteiger charge is 2.06. The van der Waals surface area contributed by atoms with Gasteiger partial charge in [0, 0.05) is 0 Å². The maximum Gasteiger partial charge on any atom is 0.213 e. The molecule has 98 valence electrons. The molecule has 0 amide bonds. The molecular weight excluding hydrogens is 260 g/mol. The summed E-state index contributed by atoms with van der Waals surface area (Å²) in [5, 5.41) is 0. The number of hydrogen-bond acceptors (Lipinski definition) is 3. The Bertz CT molecular complexity index is 699. The predicted molar refractivity (Wildman–Crippen MR) is 70.6 cm³/mol. The lowest BCUT2D eigenvalue weighted by Gasteiger charge is -2.04. The maximum absolute atomic E-state index is 13.1. The predicted octanol–water partition coefficient (Wildman–Crippen LogP) is 3.48. The molecule has 3 rings (SSSR count). The molecule has 0 spiro atoms. The first-order valence-electron chi connectivity index (χ1n) is 5.95. The standard InChI is InChI=1S/C15H9F2N3/c16-14-8-2-6-12(19-14)10-4-1-5-11(18-10)13-7-3-9-15(17)20-13/h1-9H. The SMILES string of the molecule is Fc1cccc(-c2cccc(-c3cccc(F)n3)n2)n1. The Balaban J connectivity index is 2.06. The van der Waals surface area contributed by atoms with E-state index in [1.165, 1.54) is 12.1 Å². The van der Waals surface area contributed by atoms with Crippen LogP contribution < -0.4 is 0 Å². The second kappa shape index (κ2) is 5.13. The van der Waals surface area contributed by atoms with Crippen LogP contribution in [0, 0.1) is 11.9 Å². The van der Waals surface area contributed by atoms with Gasteiger partial charge >= 0.3 is 0 Å². The molecule has 0 radical (unpaired) electrons. The van der Waals surface area contributed by atoms with Crippen molar-refractivity contribution in [3.05, 3.63) is 66.5 Å². The number of halogens is 2. The van der Waals surface area contributed by atoms with Crippen LogP contribution in [-0.4, -0.2) is 15.0 Å². The first kappa shape index (κ1) is 12.3. The molecule has 0 bridgehead atoms. The van der Waals surface area contributed by atoms with E-state index in [2.05, 4.69) is 15.0 Å². The van der Waals surface area contributed by atoms with Crippen molar-refractivity contribution in [2.45, 2.75) is 0 Å². The summed E-state index contributed by atoms with van der Waals surface area (Å²) in [4.78, 5) is 11.9. The quantitative estimate of drug-likeness (QED) is 0.668. The molecule has 20 heavy (non-hydrogen) atoms.